The van der Waals surface area contributed by atoms with Gasteiger partial charge in [0.2, 0.25) is 11.6 Å². The van der Waals surface area contributed by atoms with Crippen LogP contribution in [0.2, 0.25) is 0 Å². The van der Waals surface area contributed by atoms with Gasteiger partial charge in [0.05, 0.1) is 6.61 Å². The molecule has 1 aromatic carbocycles. The molecule has 0 aliphatic rings. The van der Waals surface area contributed by atoms with E-state index in [9.17, 15) is 17.6 Å². The number of rotatable bonds is 3. The van der Waals surface area contributed by atoms with E-state index >= 15 is 0 Å². The van der Waals surface area contributed by atoms with Gasteiger partial charge in [-0.3, -0.25) is 0 Å². The van der Waals surface area contributed by atoms with Crippen LogP contribution in [0.15, 0.2) is 6.07 Å². The van der Waals surface area contributed by atoms with Crippen molar-refractivity contribution in [2.75, 3.05) is 13.2 Å². The van der Waals surface area contributed by atoms with Gasteiger partial charge in [-0.2, -0.15) is 8.78 Å². The van der Waals surface area contributed by atoms with Gasteiger partial charge >= 0.3 is 0 Å². The minimum Gasteiger partial charge on any atom is -0.485 e. The van der Waals surface area contributed by atoms with Crippen LogP contribution in [0.5, 0.6) is 5.75 Å². The van der Waals surface area contributed by atoms with Crippen molar-refractivity contribution in [1.29, 1.82) is 0 Å². The first-order chi connectivity index (χ1) is 6.57. The second-order valence-electron chi connectivity index (χ2n) is 2.37. The number of benzene rings is 1. The smallest absolute Gasteiger partial charge is 0.203 e. The standard InChI is InChI=1S/C8H6F4O2/c9-4-3-5(10)7(12)8(6(4)11)14-2-1-13/h3,13H,1-2H2. The summed E-state index contributed by atoms with van der Waals surface area (Å²) in [5.41, 5.74) is 0. The molecule has 0 saturated carbocycles. The molecule has 1 aromatic rings. The van der Waals surface area contributed by atoms with Crippen LogP contribution in [0.4, 0.5) is 17.6 Å². The van der Waals surface area contributed by atoms with E-state index in [0.717, 1.165) is 0 Å². The van der Waals surface area contributed by atoms with E-state index < -0.39 is 42.2 Å². The SMILES string of the molecule is OCCOc1c(F)c(F)cc(F)c1F. The fraction of sp³-hybridized carbons (Fsp3) is 0.250. The highest BCUT2D eigenvalue weighted by atomic mass is 19.2. The first-order valence-electron chi connectivity index (χ1n) is 3.64. The zero-order chi connectivity index (χ0) is 10.7. The lowest BCUT2D eigenvalue weighted by Gasteiger charge is -2.07. The van der Waals surface area contributed by atoms with E-state index in [1.807, 2.05) is 0 Å². The Morgan fingerprint density at radius 1 is 1.07 bits per heavy atom. The molecule has 0 aromatic heterocycles. The van der Waals surface area contributed by atoms with Crippen LogP contribution in [0.1, 0.15) is 0 Å². The number of aliphatic hydroxyl groups is 1. The normalized spacial score (nSPS) is 10.4. The van der Waals surface area contributed by atoms with E-state index in [0.29, 0.717) is 0 Å². The van der Waals surface area contributed by atoms with Crippen LogP contribution in [-0.2, 0) is 0 Å². The molecule has 0 amide bonds. The van der Waals surface area contributed by atoms with Gasteiger partial charge in [0.25, 0.3) is 0 Å². The molecule has 1 rings (SSSR count). The molecule has 2 nitrogen and oxygen atoms in total. The molecular weight excluding hydrogens is 204 g/mol. The molecule has 0 aliphatic carbocycles. The van der Waals surface area contributed by atoms with Gasteiger partial charge < -0.3 is 9.84 Å². The predicted octanol–water partition coefficient (Wildman–Crippen LogP) is 1.61. The van der Waals surface area contributed by atoms with Crippen molar-refractivity contribution in [2.45, 2.75) is 0 Å². The Balaban J connectivity index is 3.11. The molecule has 0 atom stereocenters. The molecule has 0 aliphatic heterocycles. The minimum absolute atomic E-state index is 0.0798. The molecular formula is C8H6F4O2. The molecule has 0 bridgehead atoms. The molecule has 0 radical (unpaired) electrons. The van der Waals surface area contributed by atoms with Crippen LogP contribution < -0.4 is 4.74 Å². The summed E-state index contributed by atoms with van der Waals surface area (Å²) in [6, 6.07) is 0.0798. The third kappa shape index (κ3) is 1.95. The van der Waals surface area contributed by atoms with Crippen molar-refractivity contribution < 1.29 is 27.4 Å². The summed E-state index contributed by atoms with van der Waals surface area (Å²) in [7, 11) is 0. The average molecular weight is 210 g/mol. The highest BCUT2D eigenvalue weighted by Gasteiger charge is 2.20. The highest BCUT2D eigenvalue weighted by Crippen LogP contribution is 2.26. The second kappa shape index (κ2) is 4.28. The summed E-state index contributed by atoms with van der Waals surface area (Å²) in [5.74, 6) is -7.47. The van der Waals surface area contributed by atoms with Crippen molar-refractivity contribution in [3.63, 3.8) is 0 Å². The van der Waals surface area contributed by atoms with Crippen molar-refractivity contribution in [1.82, 2.24) is 0 Å². The third-order valence-electron chi connectivity index (χ3n) is 1.41. The van der Waals surface area contributed by atoms with E-state index in [2.05, 4.69) is 4.74 Å². The zero-order valence-corrected chi connectivity index (χ0v) is 6.86. The lowest BCUT2D eigenvalue weighted by molar-refractivity contribution is 0.187. The fourth-order valence-corrected chi connectivity index (χ4v) is 0.826. The first kappa shape index (κ1) is 10.8. The van der Waals surface area contributed by atoms with Crippen molar-refractivity contribution in [3.05, 3.63) is 29.3 Å². The number of aliphatic hydroxyl groups excluding tert-OH is 1. The van der Waals surface area contributed by atoms with E-state index in [-0.39, 0.29) is 6.07 Å². The van der Waals surface area contributed by atoms with Gasteiger partial charge in [0.1, 0.15) is 6.61 Å². The largest absolute Gasteiger partial charge is 0.485 e. The molecule has 0 saturated heterocycles. The van der Waals surface area contributed by atoms with Crippen LogP contribution in [-0.4, -0.2) is 18.3 Å². The summed E-state index contributed by atoms with van der Waals surface area (Å²) >= 11 is 0. The molecule has 1 N–H and O–H groups in total. The maximum atomic E-state index is 12.8. The number of hydrogen-bond donors (Lipinski definition) is 1. The fourth-order valence-electron chi connectivity index (χ4n) is 0.826. The van der Waals surface area contributed by atoms with Gasteiger partial charge in [0.15, 0.2) is 17.4 Å². The summed E-state index contributed by atoms with van der Waals surface area (Å²) < 4.78 is 54.9. The predicted molar refractivity (Wildman–Crippen MR) is 38.9 cm³/mol. The van der Waals surface area contributed by atoms with Gasteiger partial charge in [-0.25, -0.2) is 8.78 Å². The van der Waals surface area contributed by atoms with Crippen LogP contribution in [0.25, 0.3) is 0 Å². The summed E-state index contributed by atoms with van der Waals surface area (Å²) in [6.45, 7) is -0.965. The lowest BCUT2D eigenvalue weighted by atomic mass is 10.3. The zero-order valence-electron chi connectivity index (χ0n) is 6.86. The first-order valence-corrected chi connectivity index (χ1v) is 3.64. The van der Waals surface area contributed by atoms with Gasteiger partial charge in [-0.05, 0) is 0 Å². The van der Waals surface area contributed by atoms with E-state index in [1.165, 1.54) is 0 Å². The molecule has 0 spiro atoms. The Bertz CT molecular complexity index is 314. The maximum Gasteiger partial charge on any atom is 0.203 e. The molecule has 14 heavy (non-hydrogen) atoms. The van der Waals surface area contributed by atoms with Gasteiger partial charge in [-0.1, -0.05) is 0 Å². The Kier molecular flexibility index (Phi) is 3.29. The molecule has 0 unspecified atom stereocenters. The Morgan fingerprint density at radius 3 is 2.00 bits per heavy atom. The van der Waals surface area contributed by atoms with Crippen molar-refractivity contribution in [2.24, 2.45) is 0 Å². The van der Waals surface area contributed by atoms with Crippen molar-refractivity contribution in [3.8, 4) is 5.75 Å². The highest BCUT2D eigenvalue weighted by molar-refractivity contribution is 5.28. The Hall–Kier alpha value is -1.30. The monoisotopic (exact) mass is 210 g/mol. The lowest BCUT2D eigenvalue weighted by Crippen LogP contribution is -2.07. The van der Waals surface area contributed by atoms with E-state index in [4.69, 9.17) is 5.11 Å². The maximum absolute atomic E-state index is 12.8. The van der Waals surface area contributed by atoms with Crippen LogP contribution in [0.3, 0.4) is 0 Å². The van der Waals surface area contributed by atoms with Crippen LogP contribution >= 0.6 is 0 Å². The quantitative estimate of drug-likeness (QED) is 0.606. The molecule has 6 heteroatoms. The average Bonchev–Trinajstić information content (AvgIpc) is 2.15. The molecule has 0 heterocycles. The van der Waals surface area contributed by atoms with Gasteiger partial charge in [-0.15, -0.1) is 0 Å². The Morgan fingerprint density at radius 2 is 1.57 bits per heavy atom. The summed E-state index contributed by atoms with van der Waals surface area (Å²) in [5, 5.41) is 8.29. The van der Waals surface area contributed by atoms with E-state index in [1.54, 1.807) is 0 Å². The topological polar surface area (TPSA) is 29.5 Å². The summed E-state index contributed by atoms with van der Waals surface area (Å²) in [4.78, 5) is 0. The molecule has 0 fully saturated rings. The van der Waals surface area contributed by atoms with Gasteiger partial charge in [0, 0.05) is 6.07 Å². The Labute approximate surface area is 76.7 Å². The number of halogens is 4. The second-order valence-corrected chi connectivity index (χ2v) is 2.37. The minimum atomic E-state index is -1.61. The number of ether oxygens (including phenoxy) is 1. The molecule has 78 valence electrons. The van der Waals surface area contributed by atoms with Crippen molar-refractivity contribution >= 4 is 0 Å². The third-order valence-corrected chi connectivity index (χ3v) is 1.41. The number of hydrogen-bond acceptors (Lipinski definition) is 2. The van der Waals surface area contributed by atoms with Crippen LogP contribution in [0, 0.1) is 23.3 Å². The summed E-state index contributed by atoms with van der Waals surface area (Å²) in [6.07, 6.45) is 0.